The Hall–Kier alpha value is -3.24. The molecule has 0 saturated heterocycles. The number of esters is 1. The summed E-state index contributed by atoms with van der Waals surface area (Å²) in [5.74, 6) is -0.870. The average molecular weight is 475 g/mol. The highest BCUT2D eigenvalue weighted by molar-refractivity contribution is 7.89. The first-order chi connectivity index (χ1) is 15.5. The molecule has 176 valence electrons. The van der Waals surface area contributed by atoms with E-state index in [1.165, 1.54) is 52.1 Å². The lowest BCUT2D eigenvalue weighted by Crippen LogP contribution is -2.41. The fourth-order valence-electron chi connectivity index (χ4n) is 3.55. The van der Waals surface area contributed by atoms with Crippen molar-refractivity contribution in [1.29, 1.82) is 0 Å². The van der Waals surface area contributed by atoms with E-state index in [1.807, 2.05) is 0 Å². The van der Waals surface area contributed by atoms with Crippen molar-refractivity contribution in [1.82, 2.24) is 4.72 Å². The maximum atomic E-state index is 12.8. The molecule has 1 heterocycles. The summed E-state index contributed by atoms with van der Waals surface area (Å²) in [5.41, 5.74) is 1.99. The van der Waals surface area contributed by atoms with Crippen molar-refractivity contribution in [2.75, 3.05) is 18.6 Å². The number of amides is 1. The second-order valence-electron chi connectivity index (χ2n) is 7.73. The van der Waals surface area contributed by atoms with Gasteiger partial charge in [-0.15, -0.1) is 0 Å². The number of anilines is 1. The van der Waals surface area contributed by atoms with Gasteiger partial charge in [-0.1, -0.05) is 0 Å². The van der Waals surface area contributed by atoms with Gasteiger partial charge in [0.05, 0.1) is 12.0 Å². The van der Waals surface area contributed by atoms with Crippen LogP contribution in [0.2, 0.25) is 0 Å². The van der Waals surface area contributed by atoms with Gasteiger partial charge in [0.25, 0.3) is 0 Å². The third-order valence-corrected chi connectivity index (χ3v) is 6.91. The lowest BCUT2D eigenvalue weighted by atomic mass is 10.0. The van der Waals surface area contributed by atoms with Crippen LogP contribution in [0.4, 0.5) is 5.69 Å². The van der Waals surface area contributed by atoms with Crippen molar-refractivity contribution in [3.05, 3.63) is 53.6 Å². The van der Waals surface area contributed by atoms with E-state index in [4.69, 9.17) is 9.47 Å². The zero-order valence-electron chi connectivity index (χ0n) is 18.8. The second kappa shape index (κ2) is 9.72. The number of Topliss-reactive ketones (excluding diaryl/α,β-unsaturated/α-hetero) is 1. The van der Waals surface area contributed by atoms with Crippen LogP contribution in [0.1, 0.15) is 36.7 Å². The minimum atomic E-state index is -3.98. The fraction of sp³-hybridized carbons (Fsp3) is 0.348. The summed E-state index contributed by atoms with van der Waals surface area (Å²) < 4.78 is 37.5. The van der Waals surface area contributed by atoms with Crippen LogP contribution in [0.15, 0.2) is 47.4 Å². The highest BCUT2D eigenvalue weighted by atomic mass is 32.2. The fourth-order valence-corrected chi connectivity index (χ4v) is 4.74. The molecule has 0 aliphatic carbocycles. The number of fused-ring (bicyclic) bond motifs is 1. The molecule has 2 atom stereocenters. The van der Waals surface area contributed by atoms with Crippen LogP contribution >= 0.6 is 0 Å². The second-order valence-corrected chi connectivity index (χ2v) is 9.44. The van der Waals surface area contributed by atoms with Gasteiger partial charge in [-0.3, -0.25) is 14.4 Å². The molecule has 0 saturated carbocycles. The first-order valence-corrected chi connectivity index (χ1v) is 11.8. The normalized spacial score (nSPS) is 14.8. The summed E-state index contributed by atoms with van der Waals surface area (Å²) in [6.07, 6.45) is -0.484. The summed E-state index contributed by atoms with van der Waals surface area (Å²) in [4.78, 5) is 38.5. The smallest absolute Gasteiger partial charge is 0.324 e. The molecule has 0 bridgehead atoms. The summed E-state index contributed by atoms with van der Waals surface area (Å²) >= 11 is 0. The van der Waals surface area contributed by atoms with Crippen molar-refractivity contribution in [2.24, 2.45) is 0 Å². The quantitative estimate of drug-likeness (QED) is 0.460. The van der Waals surface area contributed by atoms with E-state index in [0.717, 1.165) is 11.3 Å². The molecule has 33 heavy (non-hydrogen) atoms. The number of ether oxygens (including phenoxy) is 2. The van der Waals surface area contributed by atoms with Crippen molar-refractivity contribution >= 4 is 33.4 Å². The Morgan fingerprint density at radius 1 is 1.06 bits per heavy atom. The van der Waals surface area contributed by atoms with Crippen LogP contribution in [0.25, 0.3) is 0 Å². The van der Waals surface area contributed by atoms with Gasteiger partial charge in [0.2, 0.25) is 21.7 Å². The number of ketones is 1. The van der Waals surface area contributed by atoms with E-state index in [-0.39, 0.29) is 10.8 Å². The monoisotopic (exact) mass is 474 g/mol. The third kappa shape index (κ3) is 5.40. The summed E-state index contributed by atoms with van der Waals surface area (Å²) in [6.45, 7) is 4.81. The third-order valence-electron chi connectivity index (χ3n) is 5.36. The van der Waals surface area contributed by atoms with Gasteiger partial charge in [-0.2, -0.15) is 4.72 Å². The van der Waals surface area contributed by atoms with Gasteiger partial charge in [0, 0.05) is 24.7 Å². The minimum Gasteiger partial charge on any atom is -0.497 e. The molecule has 1 N–H and O–H groups in total. The number of hydrogen-bond donors (Lipinski definition) is 1. The van der Waals surface area contributed by atoms with Crippen LogP contribution in [0.5, 0.6) is 5.75 Å². The van der Waals surface area contributed by atoms with Gasteiger partial charge in [0.15, 0.2) is 6.10 Å². The Morgan fingerprint density at radius 3 is 2.33 bits per heavy atom. The number of methoxy groups -OCH3 is 1. The van der Waals surface area contributed by atoms with Crippen LogP contribution in [-0.4, -0.2) is 51.9 Å². The molecule has 1 aliphatic rings. The average Bonchev–Trinajstić information content (AvgIpc) is 3.21. The first kappa shape index (κ1) is 24.4. The molecule has 1 amide bonds. The summed E-state index contributed by atoms with van der Waals surface area (Å²) in [5, 5.41) is 0. The molecule has 2 aromatic rings. The van der Waals surface area contributed by atoms with Gasteiger partial charge >= 0.3 is 5.97 Å². The zero-order valence-corrected chi connectivity index (χ0v) is 19.6. The molecular formula is C23H26N2O7S. The van der Waals surface area contributed by atoms with E-state index in [9.17, 15) is 22.8 Å². The minimum absolute atomic E-state index is 0.0372. The molecule has 9 nitrogen and oxygen atoms in total. The topological polar surface area (TPSA) is 119 Å². The molecular weight excluding hydrogens is 448 g/mol. The van der Waals surface area contributed by atoms with E-state index in [0.29, 0.717) is 24.3 Å². The van der Waals surface area contributed by atoms with E-state index in [1.54, 1.807) is 23.1 Å². The Balaban J connectivity index is 1.63. The highest BCUT2D eigenvalue weighted by Gasteiger charge is 2.28. The molecule has 0 spiro atoms. The summed E-state index contributed by atoms with van der Waals surface area (Å²) in [6, 6.07) is 9.46. The van der Waals surface area contributed by atoms with Crippen LogP contribution in [0.3, 0.4) is 0 Å². The Labute approximate surface area is 192 Å². The molecule has 3 rings (SSSR count). The number of hydrogen-bond acceptors (Lipinski definition) is 7. The maximum Gasteiger partial charge on any atom is 0.324 e. The van der Waals surface area contributed by atoms with Gasteiger partial charge in [-0.25, -0.2) is 8.42 Å². The first-order valence-electron chi connectivity index (χ1n) is 10.4. The number of nitrogens with one attached hydrogen (secondary N) is 1. The maximum absolute atomic E-state index is 12.8. The standard InChI is InChI=1S/C23H26N2O7S/c1-14(24-33(29,30)20-8-6-19(31-4)7-9-20)23(28)32-15(2)22(27)18-5-10-21-17(13-18)11-12-25(21)16(3)26/h5-10,13-15,24H,11-12H2,1-4H3/t14-,15+/m0/s1. The number of carbonyl (C=O) groups is 3. The van der Waals surface area contributed by atoms with Gasteiger partial charge < -0.3 is 14.4 Å². The molecule has 1 aliphatic heterocycles. The van der Waals surface area contributed by atoms with E-state index in [2.05, 4.69) is 4.72 Å². The van der Waals surface area contributed by atoms with Gasteiger partial charge in [0.1, 0.15) is 11.8 Å². The lowest BCUT2D eigenvalue weighted by Gasteiger charge is -2.18. The Morgan fingerprint density at radius 2 is 1.73 bits per heavy atom. The van der Waals surface area contributed by atoms with Gasteiger partial charge in [-0.05, 0) is 68.3 Å². The Bertz CT molecular complexity index is 1180. The van der Waals surface area contributed by atoms with Crippen molar-refractivity contribution < 1.29 is 32.3 Å². The Kier molecular flexibility index (Phi) is 7.19. The summed E-state index contributed by atoms with van der Waals surface area (Å²) in [7, 11) is -2.52. The van der Waals surface area contributed by atoms with Crippen molar-refractivity contribution in [3.63, 3.8) is 0 Å². The zero-order chi connectivity index (χ0) is 24.3. The predicted molar refractivity (Wildman–Crippen MR) is 121 cm³/mol. The van der Waals surface area contributed by atoms with Crippen molar-refractivity contribution in [3.8, 4) is 5.75 Å². The van der Waals surface area contributed by atoms with E-state index >= 15 is 0 Å². The van der Waals surface area contributed by atoms with Crippen LogP contribution in [-0.2, 0) is 30.8 Å². The van der Waals surface area contributed by atoms with Crippen LogP contribution in [0, 0.1) is 0 Å². The van der Waals surface area contributed by atoms with Crippen LogP contribution < -0.4 is 14.4 Å². The molecule has 2 aromatic carbocycles. The molecule has 0 unspecified atom stereocenters. The molecule has 10 heteroatoms. The number of carbonyl (C=O) groups excluding carboxylic acids is 3. The number of nitrogens with zero attached hydrogens (tertiary/aromatic N) is 1. The van der Waals surface area contributed by atoms with E-state index < -0.39 is 33.9 Å². The number of benzene rings is 2. The predicted octanol–water partition coefficient (Wildman–Crippen LogP) is 2.09. The largest absolute Gasteiger partial charge is 0.497 e. The molecule has 0 aromatic heterocycles. The SMILES string of the molecule is COc1ccc(S(=O)(=O)N[C@@H](C)C(=O)O[C@H](C)C(=O)c2ccc3c(c2)CCN3C(C)=O)cc1. The number of rotatable bonds is 8. The number of sulfonamides is 1. The van der Waals surface area contributed by atoms with Crippen molar-refractivity contribution in [2.45, 2.75) is 44.2 Å². The molecule has 0 radical (unpaired) electrons. The lowest BCUT2D eigenvalue weighted by molar-refractivity contribution is -0.147. The molecule has 0 fully saturated rings. The highest BCUT2D eigenvalue weighted by Crippen LogP contribution is 2.29.